The fourth-order valence-electron chi connectivity index (χ4n) is 4.71. The van der Waals surface area contributed by atoms with Crippen molar-refractivity contribution >= 4 is 28.8 Å². The van der Waals surface area contributed by atoms with Gasteiger partial charge >= 0.3 is 11.8 Å². The molecule has 2 atom stereocenters. The smallest absolute Gasteiger partial charge is 0.309 e. The first-order valence-electron chi connectivity index (χ1n) is 12.4. The van der Waals surface area contributed by atoms with Crippen molar-refractivity contribution < 1.29 is 19.1 Å². The minimum Gasteiger partial charge on any atom is -0.497 e. The Hall–Kier alpha value is -3.56. The van der Waals surface area contributed by atoms with Gasteiger partial charge < -0.3 is 25.0 Å². The SMILES string of the molecule is COc1ccc(N2CCN([C@H](c3cccs3)[C@H](C)NC(=O)C(=O)NCc3ccccc3OC)CC2)cc1. The third-order valence-corrected chi connectivity index (χ3v) is 7.59. The summed E-state index contributed by atoms with van der Waals surface area (Å²) >= 11 is 1.67. The number of piperazine rings is 1. The number of methoxy groups -OCH3 is 2. The normalized spacial score (nSPS) is 15.5. The van der Waals surface area contributed by atoms with E-state index in [2.05, 4.69) is 38.6 Å². The Morgan fingerprint density at radius 1 is 0.919 bits per heavy atom. The first kappa shape index (κ1) is 26.5. The molecule has 1 aliphatic rings. The van der Waals surface area contributed by atoms with Crippen molar-refractivity contribution in [2.75, 3.05) is 45.3 Å². The van der Waals surface area contributed by atoms with Gasteiger partial charge in [0.2, 0.25) is 0 Å². The number of hydrogen-bond acceptors (Lipinski definition) is 7. The van der Waals surface area contributed by atoms with Gasteiger partial charge in [0.15, 0.2) is 0 Å². The zero-order valence-corrected chi connectivity index (χ0v) is 22.3. The number of nitrogens with zero attached hydrogens (tertiary/aromatic N) is 2. The molecule has 0 unspecified atom stereocenters. The standard InChI is InChI=1S/C28H34N4O4S/c1-20(30-28(34)27(33)29-19-21-7-4-5-8-24(21)36-3)26(25-9-6-18-37-25)32-16-14-31(15-17-32)22-10-12-23(35-2)13-11-22/h4-13,18,20,26H,14-17,19H2,1-3H3,(H,29,33)(H,30,34)/t20-,26-/m0/s1. The monoisotopic (exact) mass is 522 g/mol. The van der Waals surface area contributed by atoms with E-state index in [1.54, 1.807) is 25.6 Å². The van der Waals surface area contributed by atoms with E-state index >= 15 is 0 Å². The summed E-state index contributed by atoms with van der Waals surface area (Å²) in [7, 11) is 3.25. The minimum absolute atomic E-state index is 0.0241. The van der Waals surface area contributed by atoms with Gasteiger partial charge in [-0.25, -0.2) is 0 Å². The van der Waals surface area contributed by atoms with Crippen LogP contribution in [-0.4, -0.2) is 63.2 Å². The molecule has 2 N–H and O–H groups in total. The van der Waals surface area contributed by atoms with Gasteiger partial charge in [-0.05, 0) is 48.7 Å². The lowest BCUT2D eigenvalue weighted by molar-refractivity contribution is -0.140. The van der Waals surface area contributed by atoms with Gasteiger partial charge in [0.1, 0.15) is 11.5 Å². The topological polar surface area (TPSA) is 83.1 Å². The van der Waals surface area contributed by atoms with E-state index in [0.29, 0.717) is 5.75 Å². The molecule has 0 radical (unpaired) electrons. The number of ether oxygens (including phenoxy) is 2. The highest BCUT2D eigenvalue weighted by molar-refractivity contribution is 7.10. The molecular weight excluding hydrogens is 488 g/mol. The summed E-state index contributed by atoms with van der Waals surface area (Å²) < 4.78 is 10.6. The van der Waals surface area contributed by atoms with Crippen molar-refractivity contribution in [3.63, 3.8) is 0 Å². The van der Waals surface area contributed by atoms with E-state index in [9.17, 15) is 9.59 Å². The van der Waals surface area contributed by atoms with Crippen molar-refractivity contribution in [3.8, 4) is 11.5 Å². The molecule has 1 saturated heterocycles. The van der Waals surface area contributed by atoms with Gasteiger partial charge in [-0.15, -0.1) is 11.3 Å². The van der Waals surface area contributed by atoms with Crippen molar-refractivity contribution in [1.29, 1.82) is 0 Å². The molecule has 8 nitrogen and oxygen atoms in total. The van der Waals surface area contributed by atoms with Crippen molar-refractivity contribution in [2.45, 2.75) is 25.6 Å². The summed E-state index contributed by atoms with van der Waals surface area (Å²) in [5, 5.41) is 7.69. The third kappa shape index (κ3) is 6.61. The predicted octanol–water partition coefficient (Wildman–Crippen LogP) is 3.45. The molecule has 0 spiro atoms. The van der Waals surface area contributed by atoms with E-state index in [4.69, 9.17) is 9.47 Å². The lowest BCUT2D eigenvalue weighted by atomic mass is 10.0. The first-order valence-corrected chi connectivity index (χ1v) is 13.2. The van der Waals surface area contributed by atoms with Crippen LogP contribution in [0.25, 0.3) is 0 Å². The highest BCUT2D eigenvalue weighted by Gasteiger charge is 2.32. The number of para-hydroxylation sites is 1. The highest BCUT2D eigenvalue weighted by Crippen LogP contribution is 2.30. The Kier molecular flexibility index (Phi) is 9.03. The second kappa shape index (κ2) is 12.6. The van der Waals surface area contributed by atoms with Crippen LogP contribution >= 0.6 is 11.3 Å². The van der Waals surface area contributed by atoms with Crippen LogP contribution < -0.4 is 25.0 Å². The number of benzene rings is 2. The third-order valence-electron chi connectivity index (χ3n) is 6.65. The molecule has 1 fully saturated rings. The van der Waals surface area contributed by atoms with Crippen molar-refractivity contribution in [2.24, 2.45) is 0 Å². The second-order valence-electron chi connectivity index (χ2n) is 8.94. The van der Waals surface area contributed by atoms with Crippen LogP contribution in [0.5, 0.6) is 11.5 Å². The molecule has 1 aromatic heterocycles. The molecule has 37 heavy (non-hydrogen) atoms. The zero-order valence-electron chi connectivity index (χ0n) is 21.5. The molecule has 0 bridgehead atoms. The summed E-state index contributed by atoms with van der Waals surface area (Å²) in [4.78, 5) is 31.3. The average molecular weight is 523 g/mol. The molecule has 3 aromatic rings. The lowest BCUT2D eigenvalue weighted by Gasteiger charge is -2.42. The summed E-state index contributed by atoms with van der Waals surface area (Å²) in [6, 6.07) is 19.4. The molecule has 0 aliphatic carbocycles. The molecule has 2 amide bonds. The maximum absolute atomic E-state index is 12.8. The minimum atomic E-state index is -0.660. The fourth-order valence-corrected chi connectivity index (χ4v) is 5.67. The molecule has 196 valence electrons. The number of carbonyl (C=O) groups excluding carboxylic acids is 2. The zero-order chi connectivity index (χ0) is 26.2. The maximum Gasteiger partial charge on any atom is 0.309 e. The molecule has 0 saturated carbocycles. The van der Waals surface area contributed by atoms with Crippen LogP contribution in [0.1, 0.15) is 23.4 Å². The lowest BCUT2D eigenvalue weighted by Crippen LogP contribution is -2.53. The van der Waals surface area contributed by atoms with E-state index in [-0.39, 0.29) is 18.6 Å². The highest BCUT2D eigenvalue weighted by atomic mass is 32.1. The van der Waals surface area contributed by atoms with Crippen LogP contribution in [0.2, 0.25) is 0 Å². The van der Waals surface area contributed by atoms with Crippen LogP contribution in [0, 0.1) is 0 Å². The number of hydrogen-bond donors (Lipinski definition) is 2. The van der Waals surface area contributed by atoms with E-state index in [1.807, 2.05) is 54.8 Å². The first-order chi connectivity index (χ1) is 18.0. The molecule has 1 aliphatic heterocycles. The van der Waals surface area contributed by atoms with Gasteiger partial charge in [0.25, 0.3) is 0 Å². The molecule has 2 aromatic carbocycles. The van der Waals surface area contributed by atoms with Gasteiger partial charge in [0.05, 0.1) is 20.3 Å². The molecule has 9 heteroatoms. The van der Waals surface area contributed by atoms with Crippen LogP contribution in [0.3, 0.4) is 0 Å². The number of amides is 2. The Labute approximate surface area is 222 Å². The summed E-state index contributed by atoms with van der Waals surface area (Å²) in [6.45, 7) is 5.60. The molecule has 2 heterocycles. The summed E-state index contributed by atoms with van der Waals surface area (Å²) in [5.74, 6) is 0.215. The quantitative estimate of drug-likeness (QED) is 0.419. The Morgan fingerprint density at radius 2 is 1.65 bits per heavy atom. The Morgan fingerprint density at radius 3 is 2.30 bits per heavy atom. The molecular formula is C28H34N4O4S. The fraction of sp³-hybridized carbons (Fsp3) is 0.357. The number of carbonyl (C=O) groups is 2. The summed E-state index contributed by atoms with van der Waals surface area (Å²) in [5.41, 5.74) is 1.98. The van der Waals surface area contributed by atoms with E-state index < -0.39 is 11.8 Å². The Balaban J connectivity index is 1.36. The van der Waals surface area contributed by atoms with Gasteiger partial charge in [0, 0.05) is 54.9 Å². The van der Waals surface area contributed by atoms with E-state index in [1.165, 1.54) is 10.6 Å². The number of anilines is 1. The van der Waals surface area contributed by atoms with Crippen molar-refractivity contribution in [3.05, 3.63) is 76.5 Å². The summed E-state index contributed by atoms with van der Waals surface area (Å²) in [6.07, 6.45) is 0. The number of rotatable bonds is 9. The predicted molar refractivity (Wildman–Crippen MR) is 146 cm³/mol. The Bertz CT molecular complexity index is 1160. The van der Waals surface area contributed by atoms with Crippen molar-refractivity contribution in [1.82, 2.24) is 15.5 Å². The van der Waals surface area contributed by atoms with Crippen LogP contribution in [0.15, 0.2) is 66.0 Å². The largest absolute Gasteiger partial charge is 0.497 e. The second-order valence-corrected chi connectivity index (χ2v) is 9.92. The van der Waals surface area contributed by atoms with E-state index in [0.717, 1.165) is 37.5 Å². The van der Waals surface area contributed by atoms with Gasteiger partial charge in [-0.1, -0.05) is 24.3 Å². The van der Waals surface area contributed by atoms with Crippen LogP contribution in [0.4, 0.5) is 5.69 Å². The van der Waals surface area contributed by atoms with Gasteiger partial charge in [-0.2, -0.15) is 0 Å². The number of nitrogens with one attached hydrogen (secondary N) is 2. The van der Waals surface area contributed by atoms with Gasteiger partial charge in [-0.3, -0.25) is 14.5 Å². The molecule has 4 rings (SSSR count). The average Bonchev–Trinajstić information content (AvgIpc) is 3.46. The van der Waals surface area contributed by atoms with Crippen LogP contribution in [-0.2, 0) is 16.1 Å². The number of thiophene rings is 1. The maximum atomic E-state index is 12.8.